The summed E-state index contributed by atoms with van der Waals surface area (Å²) in [6, 6.07) is 6.00. The van der Waals surface area contributed by atoms with E-state index in [-0.39, 0.29) is 16.7 Å². The Morgan fingerprint density at radius 2 is 2.00 bits per heavy atom. The quantitative estimate of drug-likeness (QED) is 0.417. The summed E-state index contributed by atoms with van der Waals surface area (Å²) in [5.41, 5.74) is 0.497. The molecule has 0 bridgehead atoms. The van der Waals surface area contributed by atoms with Crippen molar-refractivity contribution in [3.05, 3.63) is 48.5 Å². The number of pyridine rings is 1. The fourth-order valence-corrected chi connectivity index (χ4v) is 3.03. The second-order valence-electron chi connectivity index (χ2n) is 3.88. The van der Waals surface area contributed by atoms with E-state index in [0.29, 0.717) is 11.4 Å². The molecule has 9 heteroatoms. The lowest BCUT2D eigenvalue weighted by atomic mass is 10.3. The number of ether oxygens (including phenoxy) is 1. The molecule has 1 aromatic heterocycles. The number of nitro groups is 1. The minimum atomic E-state index is -0.532. The Labute approximate surface area is 141 Å². The van der Waals surface area contributed by atoms with Crippen LogP contribution >= 0.6 is 43.5 Å². The first-order valence-corrected chi connectivity index (χ1v) is 7.49. The molecular weight excluding hydrogens is 429 g/mol. The number of rotatable bonds is 4. The SMILES string of the molecule is COc1cc(Nc2cc([N+](=O)[O-])cc(Cl)n2)c(Br)cc1Br. The van der Waals surface area contributed by atoms with Crippen LogP contribution in [-0.2, 0) is 0 Å². The van der Waals surface area contributed by atoms with E-state index in [0.717, 1.165) is 8.95 Å². The lowest BCUT2D eigenvalue weighted by molar-refractivity contribution is -0.384. The Morgan fingerprint density at radius 3 is 2.62 bits per heavy atom. The Kier molecular flexibility index (Phi) is 5.02. The van der Waals surface area contributed by atoms with Gasteiger partial charge in [-0.1, -0.05) is 11.6 Å². The predicted molar refractivity (Wildman–Crippen MR) is 87.6 cm³/mol. The summed E-state index contributed by atoms with van der Waals surface area (Å²) in [4.78, 5) is 14.3. The van der Waals surface area contributed by atoms with Crippen LogP contribution in [0.15, 0.2) is 33.2 Å². The van der Waals surface area contributed by atoms with Crippen LogP contribution in [0.25, 0.3) is 0 Å². The number of benzene rings is 1. The third-order valence-electron chi connectivity index (χ3n) is 2.49. The van der Waals surface area contributed by atoms with Crippen molar-refractivity contribution in [2.45, 2.75) is 0 Å². The van der Waals surface area contributed by atoms with Gasteiger partial charge in [0.15, 0.2) is 0 Å². The van der Waals surface area contributed by atoms with Gasteiger partial charge in [0.05, 0.1) is 34.3 Å². The van der Waals surface area contributed by atoms with Gasteiger partial charge in [0.25, 0.3) is 5.69 Å². The normalized spacial score (nSPS) is 10.3. The maximum Gasteiger partial charge on any atom is 0.276 e. The van der Waals surface area contributed by atoms with Crippen molar-refractivity contribution < 1.29 is 9.66 Å². The maximum atomic E-state index is 10.8. The maximum absolute atomic E-state index is 10.8. The van der Waals surface area contributed by atoms with Gasteiger partial charge in [-0.15, -0.1) is 0 Å². The smallest absolute Gasteiger partial charge is 0.276 e. The molecule has 1 heterocycles. The van der Waals surface area contributed by atoms with Gasteiger partial charge >= 0.3 is 0 Å². The van der Waals surface area contributed by atoms with Gasteiger partial charge in [0, 0.05) is 10.5 Å². The molecule has 0 aliphatic carbocycles. The zero-order chi connectivity index (χ0) is 15.6. The fraction of sp³-hybridized carbons (Fsp3) is 0.0833. The Morgan fingerprint density at radius 1 is 1.29 bits per heavy atom. The molecule has 1 aromatic carbocycles. The van der Waals surface area contributed by atoms with E-state index in [2.05, 4.69) is 42.2 Å². The van der Waals surface area contributed by atoms with Crippen LogP contribution in [0.1, 0.15) is 0 Å². The predicted octanol–water partition coefficient (Wildman–Crippen LogP) is 4.92. The summed E-state index contributed by atoms with van der Waals surface area (Å²) >= 11 is 12.5. The molecule has 0 radical (unpaired) electrons. The molecule has 0 saturated heterocycles. The Hall–Kier alpha value is -1.38. The number of hydrogen-bond donors (Lipinski definition) is 1. The van der Waals surface area contributed by atoms with Crippen molar-refractivity contribution in [3.63, 3.8) is 0 Å². The average molecular weight is 437 g/mol. The van der Waals surface area contributed by atoms with Gasteiger partial charge < -0.3 is 10.1 Å². The van der Waals surface area contributed by atoms with Crippen LogP contribution in [0.2, 0.25) is 5.15 Å². The zero-order valence-electron chi connectivity index (χ0n) is 10.6. The summed E-state index contributed by atoms with van der Waals surface area (Å²) < 4.78 is 6.71. The van der Waals surface area contributed by atoms with Crippen LogP contribution in [0.3, 0.4) is 0 Å². The summed E-state index contributed by atoms with van der Waals surface area (Å²) in [7, 11) is 1.54. The summed E-state index contributed by atoms with van der Waals surface area (Å²) in [5.74, 6) is 0.872. The summed E-state index contributed by atoms with van der Waals surface area (Å²) in [6.45, 7) is 0. The molecule has 21 heavy (non-hydrogen) atoms. The number of methoxy groups -OCH3 is 1. The van der Waals surface area contributed by atoms with Crippen molar-refractivity contribution >= 4 is 60.7 Å². The van der Waals surface area contributed by atoms with Gasteiger partial charge in [-0.25, -0.2) is 4.98 Å². The Bertz CT molecular complexity index is 712. The average Bonchev–Trinajstić information content (AvgIpc) is 2.41. The van der Waals surface area contributed by atoms with Gasteiger partial charge in [-0.05, 0) is 37.9 Å². The molecule has 2 aromatic rings. The molecule has 1 N–H and O–H groups in total. The van der Waals surface area contributed by atoms with Gasteiger partial charge in [0.2, 0.25) is 0 Å². The molecule has 0 aliphatic rings. The lowest BCUT2D eigenvalue weighted by Gasteiger charge is -2.11. The second-order valence-corrected chi connectivity index (χ2v) is 5.98. The highest BCUT2D eigenvalue weighted by Gasteiger charge is 2.13. The van der Waals surface area contributed by atoms with Gasteiger partial charge in [-0.3, -0.25) is 10.1 Å². The highest BCUT2D eigenvalue weighted by atomic mass is 79.9. The minimum absolute atomic E-state index is 0.0342. The van der Waals surface area contributed by atoms with Crippen LogP contribution in [0.5, 0.6) is 5.75 Å². The highest BCUT2D eigenvalue weighted by molar-refractivity contribution is 9.11. The van der Waals surface area contributed by atoms with Crippen molar-refractivity contribution in [3.8, 4) is 5.75 Å². The number of nitrogens with zero attached hydrogens (tertiary/aromatic N) is 2. The van der Waals surface area contributed by atoms with E-state index < -0.39 is 4.92 Å². The largest absolute Gasteiger partial charge is 0.495 e. The molecule has 0 unspecified atom stereocenters. The standard InChI is InChI=1S/C12H8Br2ClN3O3/c1-21-10-5-9(7(13)4-8(10)14)16-12-3-6(18(19)20)2-11(15)17-12/h2-5H,1H3,(H,16,17). The van der Waals surface area contributed by atoms with Gasteiger partial charge in [-0.2, -0.15) is 0 Å². The van der Waals surface area contributed by atoms with Crippen LogP contribution < -0.4 is 10.1 Å². The molecule has 6 nitrogen and oxygen atoms in total. The fourth-order valence-electron chi connectivity index (χ4n) is 1.57. The molecule has 0 aliphatic heterocycles. The Balaban J connectivity index is 2.40. The number of anilines is 2. The van der Waals surface area contributed by atoms with Crippen LogP contribution in [-0.4, -0.2) is 17.0 Å². The van der Waals surface area contributed by atoms with Crippen molar-refractivity contribution in [2.75, 3.05) is 12.4 Å². The number of nitrogens with one attached hydrogen (secondary N) is 1. The minimum Gasteiger partial charge on any atom is -0.495 e. The number of halogens is 3. The van der Waals surface area contributed by atoms with E-state index in [1.807, 2.05) is 0 Å². The molecule has 2 rings (SSSR count). The summed E-state index contributed by atoms with van der Waals surface area (Å²) in [6.07, 6.45) is 0. The van der Waals surface area contributed by atoms with E-state index in [1.54, 1.807) is 19.2 Å². The molecule has 0 atom stereocenters. The first kappa shape index (κ1) is 16.0. The van der Waals surface area contributed by atoms with E-state index in [4.69, 9.17) is 16.3 Å². The van der Waals surface area contributed by atoms with Crippen molar-refractivity contribution in [1.29, 1.82) is 0 Å². The second kappa shape index (κ2) is 6.59. The molecule has 110 valence electrons. The topological polar surface area (TPSA) is 77.3 Å². The first-order chi connectivity index (χ1) is 9.90. The molecule has 0 spiro atoms. The van der Waals surface area contributed by atoms with Crippen LogP contribution in [0.4, 0.5) is 17.2 Å². The summed E-state index contributed by atoms with van der Waals surface area (Å²) in [5, 5.41) is 13.8. The first-order valence-electron chi connectivity index (χ1n) is 5.52. The van der Waals surface area contributed by atoms with Gasteiger partial charge in [0.1, 0.15) is 16.7 Å². The number of hydrogen-bond acceptors (Lipinski definition) is 5. The van der Waals surface area contributed by atoms with E-state index in [9.17, 15) is 10.1 Å². The third-order valence-corrected chi connectivity index (χ3v) is 3.96. The molecule has 0 fully saturated rings. The van der Waals surface area contributed by atoms with Crippen molar-refractivity contribution in [1.82, 2.24) is 4.98 Å². The molecule has 0 saturated carbocycles. The highest BCUT2D eigenvalue weighted by Crippen LogP contribution is 2.36. The molecule has 0 amide bonds. The third kappa shape index (κ3) is 3.84. The number of aromatic nitrogens is 1. The van der Waals surface area contributed by atoms with Crippen LogP contribution in [0, 0.1) is 10.1 Å². The zero-order valence-corrected chi connectivity index (χ0v) is 14.5. The molecular formula is C12H8Br2ClN3O3. The lowest BCUT2D eigenvalue weighted by Crippen LogP contribution is -1.98. The monoisotopic (exact) mass is 435 g/mol. The van der Waals surface area contributed by atoms with E-state index in [1.165, 1.54) is 12.1 Å². The van der Waals surface area contributed by atoms with Crippen molar-refractivity contribution in [2.24, 2.45) is 0 Å². The van der Waals surface area contributed by atoms with E-state index >= 15 is 0 Å².